The fraction of sp³-hybridized carbons (Fsp3) is 0.125. The molecule has 8 heteroatoms. The summed E-state index contributed by atoms with van der Waals surface area (Å²) in [6, 6.07) is 10.6. The molecular formula is C16H15ClN2O4S. The van der Waals surface area contributed by atoms with Crippen LogP contribution in [0.1, 0.15) is 26.3 Å². The zero-order chi connectivity index (χ0) is 17.7. The number of phenols is 1. The molecule has 1 atom stereocenters. The van der Waals surface area contributed by atoms with Gasteiger partial charge < -0.3 is 5.11 Å². The second-order valence-corrected chi connectivity index (χ2v) is 6.86. The van der Waals surface area contributed by atoms with E-state index in [-0.39, 0.29) is 16.3 Å². The summed E-state index contributed by atoms with van der Waals surface area (Å²) in [6.07, 6.45) is 1.57. The van der Waals surface area contributed by atoms with Gasteiger partial charge in [0.25, 0.3) is 11.8 Å². The highest BCUT2D eigenvalue weighted by molar-refractivity contribution is 7.83. The molecule has 0 radical (unpaired) electrons. The average Bonchev–Trinajstić information content (AvgIpc) is 2.54. The van der Waals surface area contributed by atoms with Gasteiger partial charge in [0, 0.05) is 33.4 Å². The Morgan fingerprint density at radius 2 is 1.83 bits per heavy atom. The summed E-state index contributed by atoms with van der Waals surface area (Å²) in [4.78, 5) is 24.1. The lowest BCUT2D eigenvalue weighted by atomic mass is 10.1. The first kappa shape index (κ1) is 18.0. The topological polar surface area (TPSA) is 95.5 Å². The van der Waals surface area contributed by atoms with E-state index in [1.54, 1.807) is 30.5 Å². The van der Waals surface area contributed by atoms with Crippen LogP contribution in [0.4, 0.5) is 0 Å². The van der Waals surface area contributed by atoms with Crippen LogP contribution < -0.4 is 10.9 Å². The van der Waals surface area contributed by atoms with Gasteiger partial charge in [-0.15, -0.1) is 0 Å². The summed E-state index contributed by atoms with van der Waals surface area (Å²) in [7, 11) is -1.02. The Hall–Kier alpha value is -2.38. The van der Waals surface area contributed by atoms with Crippen molar-refractivity contribution in [2.24, 2.45) is 0 Å². The molecule has 2 amide bonds. The van der Waals surface area contributed by atoms with Gasteiger partial charge in [0.2, 0.25) is 0 Å². The summed E-state index contributed by atoms with van der Waals surface area (Å²) in [5, 5.41) is 9.93. The van der Waals surface area contributed by atoms with Gasteiger partial charge in [0.1, 0.15) is 5.75 Å². The highest BCUT2D eigenvalue weighted by Crippen LogP contribution is 2.21. The fourth-order valence-electron chi connectivity index (χ4n) is 1.98. The van der Waals surface area contributed by atoms with Crippen LogP contribution in [-0.4, -0.2) is 27.4 Å². The van der Waals surface area contributed by atoms with E-state index < -0.39 is 22.6 Å². The molecule has 0 saturated heterocycles. The number of carbonyl (C=O) groups excluding carboxylic acids is 2. The maximum atomic E-state index is 12.1. The molecule has 0 bridgehead atoms. The fourth-order valence-corrected chi connectivity index (χ4v) is 2.80. The molecule has 24 heavy (non-hydrogen) atoms. The van der Waals surface area contributed by atoms with Gasteiger partial charge in [0.15, 0.2) is 0 Å². The Kier molecular flexibility index (Phi) is 5.94. The number of hydrazine groups is 1. The number of phenolic OH excluding ortho intramolecular Hbond substituents is 1. The molecule has 0 aliphatic rings. The number of amides is 2. The Bertz CT molecular complexity index is 810. The second kappa shape index (κ2) is 7.94. The van der Waals surface area contributed by atoms with Crippen molar-refractivity contribution in [2.45, 2.75) is 5.75 Å². The molecule has 0 fully saturated rings. The SMILES string of the molecule is CS(=O)Cc1cccc(C(=O)NNC(=O)c2cc(Cl)ccc2O)c1. The zero-order valence-electron chi connectivity index (χ0n) is 12.7. The molecule has 2 aromatic rings. The van der Waals surface area contributed by atoms with Crippen LogP contribution in [0.2, 0.25) is 5.02 Å². The number of hydrogen-bond donors (Lipinski definition) is 3. The van der Waals surface area contributed by atoms with Crippen molar-refractivity contribution < 1.29 is 18.9 Å². The highest BCUT2D eigenvalue weighted by Gasteiger charge is 2.13. The third-order valence-electron chi connectivity index (χ3n) is 3.05. The van der Waals surface area contributed by atoms with Gasteiger partial charge in [-0.05, 0) is 35.9 Å². The minimum Gasteiger partial charge on any atom is -0.507 e. The van der Waals surface area contributed by atoms with E-state index >= 15 is 0 Å². The quantitative estimate of drug-likeness (QED) is 0.721. The molecular weight excluding hydrogens is 352 g/mol. The molecule has 0 aliphatic carbocycles. The first-order chi connectivity index (χ1) is 11.4. The van der Waals surface area contributed by atoms with Crippen LogP contribution in [0.3, 0.4) is 0 Å². The molecule has 0 heterocycles. The Morgan fingerprint density at radius 3 is 2.54 bits per heavy atom. The van der Waals surface area contributed by atoms with Crippen molar-refractivity contribution in [3.8, 4) is 5.75 Å². The number of halogens is 1. The number of aromatic hydroxyl groups is 1. The standard InChI is InChI=1S/C16H15ClN2O4S/c1-24(23)9-10-3-2-4-11(7-10)15(21)18-19-16(22)13-8-12(17)5-6-14(13)20/h2-8,20H,9H2,1H3,(H,18,21)(H,19,22). The van der Waals surface area contributed by atoms with E-state index in [1.165, 1.54) is 18.2 Å². The maximum absolute atomic E-state index is 12.1. The van der Waals surface area contributed by atoms with Crippen LogP contribution in [0.25, 0.3) is 0 Å². The maximum Gasteiger partial charge on any atom is 0.273 e. The van der Waals surface area contributed by atoms with Gasteiger partial charge in [-0.1, -0.05) is 23.7 Å². The lowest BCUT2D eigenvalue weighted by Crippen LogP contribution is -2.41. The molecule has 0 saturated carbocycles. The van der Waals surface area contributed by atoms with Gasteiger partial charge in [0.05, 0.1) is 5.56 Å². The minimum absolute atomic E-state index is 0.0575. The van der Waals surface area contributed by atoms with Gasteiger partial charge in [-0.25, -0.2) is 0 Å². The molecule has 2 rings (SSSR count). The monoisotopic (exact) mass is 366 g/mol. The van der Waals surface area contributed by atoms with Crippen molar-refractivity contribution in [1.82, 2.24) is 10.9 Å². The van der Waals surface area contributed by atoms with E-state index in [0.29, 0.717) is 11.3 Å². The molecule has 0 aromatic heterocycles. The predicted octanol–water partition coefficient (Wildman–Crippen LogP) is 2.00. The third kappa shape index (κ3) is 4.81. The Morgan fingerprint density at radius 1 is 1.12 bits per heavy atom. The van der Waals surface area contributed by atoms with E-state index in [2.05, 4.69) is 10.9 Å². The van der Waals surface area contributed by atoms with E-state index in [9.17, 15) is 18.9 Å². The summed E-state index contributed by atoms with van der Waals surface area (Å²) >= 11 is 5.78. The van der Waals surface area contributed by atoms with Crippen LogP contribution in [-0.2, 0) is 16.6 Å². The third-order valence-corrected chi connectivity index (χ3v) is 4.03. The van der Waals surface area contributed by atoms with E-state index in [0.717, 1.165) is 5.56 Å². The van der Waals surface area contributed by atoms with Crippen molar-refractivity contribution in [2.75, 3.05) is 6.26 Å². The normalized spacial score (nSPS) is 11.6. The van der Waals surface area contributed by atoms with Gasteiger partial charge in [-0.2, -0.15) is 0 Å². The zero-order valence-corrected chi connectivity index (χ0v) is 14.3. The number of nitrogens with one attached hydrogen (secondary N) is 2. The predicted molar refractivity (Wildman–Crippen MR) is 92.3 cm³/mol. The van der Waals surface area contributed by atoms with Crippen LogP contribution in [0.5, 0.6) is 5.75 Å². The van der Waals surface area contributed by atoms with Crippen LogP contribution >= 0.6 is 11.6 Å². The van der Waals surface area contributed by atoms with Gasteiger partial charge in [-0.3, -0.25) is 24.6 Å². The molecule has 126 valence electrons. The van der Waals surface area contributed by atoms with E-state index in [1.807, 2.05) is 0 Å². The molecule has 2 aromatic carbocycles. The number of carbonyl (C=O) groups is 2. The smallest absolute Gasteiger partial charge is 0.273 e. The number of rotatable bonds is 4. The van der Waals surface area contributed by atoms with E-state index in [4.69, 9.17) is 11.6 Å². The summed E-state index contributed by atoms with van der Waals surface area (Å²) in [5.41, 5.74) is 5.47. The lowest BCUT2D eigenvalue weighted by Gasteiger charge is -2.09. The first-order valence-electron chi connectivity index (χ1n) is 6.85. The van der Waals surface area contributed by atoms with Crippen LogP contribution in [0.15, 0.2) is 42.5 Å². The number of hydrogen-bond acceptors (Lipinski definition) is 4. The van der Waals surface area contributed by atoms with Crippen molar-refractivity contribution in [1.29, 1.82) is 0 Å². The molecule has 6 nitrogen and oxygen atoms in total. The Balaban J connectivity index is 2.04. The summed E-state index contributed by atoms with van der Waals surface area (Å²) in [5.74, 6) is -1.15. The highest BCUT2D eigenvalue weighted by atomic mass is 35.5. The van der Waals surface area contributed by atoms with Crippen molar-refractivity contribution in [3.05, 3.63) is 64.2 Å². The minimum atomic E-state index is -1.02. The Labute approximate surface area is 146 Å². The molecule has 3 N–H and O–H groups in total. The largest absolute Gasteiger partial charge is 0.507 e. The number of benzene rings is 2. The molecule has 0 spiro atoms. The molecule has 0 aliphatic heterocycles. The summed E-state index contributed by atoms with van der Waals surface area (Å²) < 4.78 is 11.2. The summed E-state index contributed by atoms with van der Waals surface area (Å²) in [6.45, 7) is 0. The lowest BCUT2D eigenvalue weighted by molar-refractivity contribution is 0.0845. The van der Waals surface area contributed by atoms with Gasteiger partial charge >= 0.3 is 0 Å². The first-order valence-corrected chi connectivity index (χ1v) is 8.95. The second-order valence-electron chi connectivity index (χ2n) is 4.99. The van der Waals surface area contributed by atoms with Crippen LogP contribution in [0, 0.1) is 0 Å². The van der Waals surface area contributed by atoms with Crippen molar-refractivity contribution >= 4 is 34.2 Å². The average molecular weight is 367 g/mol. The molecule has 1 unspecified atom stereocenters. The van der Waals surface area contributed by atoms with Crippen molar-refractivity contribution in [3.63, 3.8) is 0 Å².